The number of hydrogen-bond donors (Lipinski definition) is 2. The van der Waals surface area contributed by atoms with Crippen molar-refractivity contribution in [3.63, 3.8) is 0 Å². The van der Waals surface area contributed by atoms with Gasteiger partial charge in [-0.3, -0.25) is 4.79 Å². The summed E-state index contributed by atoms with van der Waals surface area (Å²) in [7, 11) is 0. The number of hydrogen-bond acceptors (Lipinski definition) is 4. The number of rotatable bonds is 2. The fourth-order valence-corrected chi connectivity index (χ4v) is 5.02. The zero-order chi connectivity index (χ0) is 16.1. The second-order valence-corrected chi connectivity index (χ2v) is 7.78. The maximum absolute atomic E-state index is 12.9. The van der Waals surface area contributed by atoms with E-state index in [1.165, 1.54) is 30.5 Å². The first-order valence-electron chi connectivity index (χ1n) is 9.44. The van der Waals surface area contributed by atoms with Gasteiger partial charge in [0.1, 0.15) is 0 Å². The fourth-order valence-electron chi connectivity index (χ4n) is 5.02. The van der Waals surface area contributed by atoms with E-state index in [0.29, 0.717) is 18.1 Å². The van der Waals surface area contributed by atoms with E-state index in [0.717, 1.165) is 44.7 Å². The zero-order valence-corrected chi connectivity index (χ0v) is 14.1. The Morgan fingerprint density at radius 1 is 1.08 bits per heavy atom. The number of amides is 1. The molecule has 3 fully saturated rings. The van der Waals surface area contributed by atoms with Crippen LogP contribution in [0.2, 0.25) is 0 Å². The van der Waals surface area contributed by atoms with E-state index in [4.69, 9.17) is 0 Å². The number of carbonyl (C=O) groups is 1. The molecule has 2 N–H and O–H groups in total. The summed E-state index contributed by atoms with van der Waals surface area (Å²) in [6.07, 6.45) is 4.86. The molecule has 0 radical (unpaired) electrons. The molecule has 5 nitrogen and oxygen atoms in total. The van der Waals surface area contributed by atoms with Crippen LogP contribution in [0.15, 0.2) is 18.2 Å². The van der Waals surface area contributed by atoms with Crippen molar-refractivity contribution in [2.24, 2.45) is 0 Å². The Hall–Kier alpha value is -1.59. The predicted octanol–water partition coefficient (Wildman–Crippen LogP) is 1.33. The van der Waals surface area contributed by atoms with E-state index < -0.39 is 0 Å². The molecule has 0 saturated carbocycles. The lowest BCUT2D eigenvalue weighted by atomic mass is 10.1. The molecule has 1 unspecified atom stereocenters. The van der Waals surface area contributed by atoms with Crippen molar-refractivity contribution < 1.29 is 4.79 Å². The second kappa shape index (κ2) is 5.74. The highest BCUT2D eigenvalue weighted by atomic mass is 16.2. The molecule has 5 rings (SSSR count). The maximum Gasteiger partial charge on any atom is 0.254 e. The van der Waals surface area contributed by atoms with Gasteiger partial charge in [-0.15, -0.1) is 0 Å². The average molecular weight is 326 g/mol. The molecule has 3 saturated heterocycles. The number of benzene rings is 1. The molecule has 1 amide bonds. The molecule has 1 aromatic rings. The maximum atomic E-state index is 12.9. The van der Waals surface area contributed by atoms with E-state index in [9.17, 15) is 4.79 Å². The molecular weight excluding hydrogens is 300 g/mol. The van der Waals surface area contributed by atoms with Crippen molar-refractivity contribution >= 4 is 11.6 Å². The zero-order valence-electron chi connectivity index (χ0n) is 14.1. The number of piperazine rings is 1. The van der Waals surface area contributed by atoms with Crippen molar-refractivity contribution in [3.05, 3.63) is 29.3 Å². The monoisotopic (exact) mass is 326 g/mol. The van der Waals surface area contributed by atoms with Crippen LogP contribution in [0.4, 0.5) is 5.69 Å². The third-order valence-electron chi connectivity index (χ3n) is 6.24. The molecule has 2 bridgehead atoms. The van der Waals surface area contributed by atoms with Crippen LogP contribution < -0.4 is 15.5 Å². The Kier molecular flexibility index (Phi) is 3.52. The molecule has 0 spiro atoms. The highest BCUT2D eigenvalue weighted by Crippen LogP contribution is 2.35. The van der Waals surface area contributed by atoms with Gasteiger partial charge >= 0.3 is 0 Å². The summed E-state index contributed by atoms with van der Waals surface area (Å²) in [6.45, 7) is 4.96. The lowest BCUT2D eigenvalue weighted by Gasteiger charge is -2.36. The number of nitrogens with one attached hydrogen (secondary N) is 2. The minimum Gasteiger partial charge on any atom is -0.368 e. The molecule has 0 aliphatic carbocycles. The summed E-state index contributed by atoms with van der Waals surface area (Å²) < 4.78 is 0. The Bertz CT molecular complexity index is 643. The smallest absolute Gasteiger partial charge is 0.254 e. The van der Waals surface area contributed by atoms with Crippen molar-refractivity contribution in [1.82, 2.24) is 15.5 Å². The Labute approximate surface area is 143 Å². The van der Waals surface area contributed by atoms with Gasteiger partial charge in [0, 0.05) is 61.1 Å². The Balaban J connectivity index is 1.43. The van der Waals surface area contributed by atoms with E-state index in [2.05, 4.69) is 32.6 Å². The minimum atomic E-state index is 0.235. The number of piperidine rings is 1. The lowest BCUT2D eigenvalue weighted by Crippen LogP contribution is -2.51. The predicted molar refractivity (Wildman–Crippen MR) is 94.4 cm³/mol. The fraction of sp³-hybridized carbons (Fsp3) is 0.632. The standard InChI is InChI=1S/C19H26N4O/c24-19-16-4-1-5-18(22-10-13-6-7-14(11-22)21-13)17(16)12-23(19)15-3-2-8-20-9-15/h1,4-5,13-15,20-21H,2-3,6-12H2/t13-,14+,15?. The van der Waals surface area contributed by atoms with E-state index in [1.807, 2.05) is 6.07 Å². The summed E-state index contributed by atoms with van der Waals surface area (Å²) in [4.78, 5) is 17.6. The van der Waals surface area contributed by atoms with Crippen LogP contribution in [0.25, 0.3) is 0 Å². The number of nitrogens with zero attached hydrogens (tertiary/aromatic N) is 2. The molecule has 3 atom stereocenters. The van der Waals surface area contributed by atoms with Gasteiger partial charge in [-0.2, -0.15) is 0 Å². The second-order valence-electron chi connectivity index (χ2n) is 7.78. The summed E-state index contributed by atoms with van der Waals surface area (Å²) in [6, 6.07) is 7.91. The number of anilines is 1. The summed E-state index contributed by atoms with van der Waals surface area (Å²) in [5.41, 5.74) is 3.49. The summed E-state index contributed by atoms with van der Waals surface area (Å²) in [5, 5.41) is 7.14. The van der Waals surface area contributed by atoms with Crippen LogP contribution in [-0.4, -0.2) is 55.1 Å². The third kappa shape index (κ3) is 2.33. The van der Waals surface area contributed by atoms with Crippen LogP contribution in [0.5, 0.6) is 0 Å². The van der Waals surface area contributed by atoms with Gasteiger partial charge in [0.05, 0.1) is 0 Å². The Morgan fingerprint density at radius 2 is 1.92 bits per heavy atom. The van der Waals surface area contributed by atoms with Gasteiger partial charge in [-0.25, -0.2) is 0 Å². The van der Waals surface area contributed by atoms with Crippen LogP contribution in [0.3, 0.4) is 0 Å². The molecular formula is C19H26N4O. The quantitative estimate of drug-likeness (QED) is 0.861. The molecule has 4 aliphatic heterocycles. The van der Waals surface area contributed by atoms with Crippen molar-refractivity contribution in [1.29, 1.82) is 0 Å². The number of carbonyl (C=O) groups excluding carboxylic acids is 1. The van der Waals surface area contributed by atoms with Gasteiger partial charge in [0.15, 0.2) is 0 Å². The summed E-state index contributed by atoms with van der Waals surface area (Å²) in [5.74, 6) is 0.235. The van der Waals surface area contributed by atoms with Gasteiger partial charge in [-0.1, -0.05) is 6.07 Å². The first-order chi connectivity index (χ1) is 11.8. The first-order valence-corrected chi connectivity index (χ1v) is 9.44. The van der Waals surface area contributed by atoms with Crippen LogP contribution in [0, 0.1) is 0 Å². The highest BCUT2D eigenvalue weighted by molar-refractivity contribution is 6.00. The molecule has 4 aliphatic rings. The molecule has 1 aromatic carbocycles. The van der Waals surface area contributed by atoms with Crippen LogP contribution >= 0.6 is 0 Å². The molecule has 24 heavy (non-hydrogen) atoms. The van der Waals surface area contributed by atoms with Gasteiger partial charge in [-0.05, 0) is 44.4 Å². The van der Waals surface area contributed by atoms with Gasteiger partial charge < -0.3 is 20.4 Å². The third-order valence-corrected chi connectivity index (χ3v) is 6.24. The number of fused-ring (bicyclic) bond motifs is 3. The average Bonchev–Trinajstić information content (AvgIpc) is 3.15. The van der Waals surface area contributed by atoms with E-state index >= 15 is 0 Å². The van der Waals surface area contributed by atoms with E-state index in [-0.39, 0.29) is 5.91 Å². The lowest BCUT2D eigenvalue weighted by molar-refractivity contribution is 0.0674. The molecule has 5 heteroatoms. The van der Waals surface area contributed by atoms with Crippen molar-refractivity contribution in [3.8, 4) is 0 Å². The topological polar surface area (TPSA) is 47.6 Å². The highest BCUT2D eigenvalue weighted by Gasteiger charge is 2.38. The van der Waals surface area contributed by atoms with Crippen LogP contribution in [-0.2, 0) is 6.54 Å². The largest absolute Gasteiger partial charge is 0.368 e. The van der Waals surface area contributed by atoms with Gasteiger partial charge in [0.2, 0.25) is 0 Å². The van der Waals surface area contributed by atoms with Crippen LogP contribution in [0.1, 0.15) is 41.6 Å². The van der Waals surface area contributed by atoms with E-state index in [1.54, 1.807) is 0 Å². The Morgan fingerprint density at radius 3 is 2.67 bits per heavy atom. The molecule has 0 aromatic heterocycles. The first kappa shape index (κ1) is 14.7. The minimum absolute atomic E-state index is 0.235. The normalized spacial score (nSPS) is 32.3. The van der Waals surface area contributed by atoms with Crippen molar-refractivity contribution in [2.75, 3.05) is 31.1 Å². The SMILES string of the molecule is O=C1c2cccc(N3C[C@H]4CC[C@@H](C3)N4)c2CN1C1CCCNC1. The summed E-state index contributed by atoms with van der Waals surface area (Å²) >= 11 is 0. The molecule has 4 heterocycles. The van der Waals surface area contributed by atoms with Crippen molar-refractivity contribution in [2.45, 2.75) is 50.4 Å². The molecule has 128 valence electrons. The van der Waals surface area contributed by atoms with Gasteiger partial charge in [0.25, 0.3) is 5.91 Å².